The molecule has 0 aliphatic carbocycles. The second kappa shape index (κ2) is 13.7. The van der Waals surface area contributed by atoms with E-state index in [1.54, 1.807) is 48.5 Å². The molecule has 7 nitrogen and oxygen atoms in total. The van der Waals surface area contributed by atoms with E-state index < -0.39 is 41.3 Å². The van der Waals surface area contributed by atoms with E-state index >= 15 is 0 Å². The minimum Gasteiger partial charge on any atom is -0.480 e. The quantitative estimate of drug-likeness (QED) is 0.173. The second-order valence-electron chi connectivity index (χ2n) is 9.27. The van der Waals surface area contributed by atoms with Gasteiger partial charge in [0.05, 0.1) is 5.56 Å². The molecule has 4 rings (SSSR count). The molecule has 0 aromatic heterocycles. The number of amides is 2. The normalized spacial score (nSPS) is 12.2. The van der Waals surface area contributed by atoms with E-state index in [-0.39, 0.29) is 17.5 Å². The molecule has 0 saturated carbocycles. The largest absolute Gasteiger partial charge is 0.480 e. The van der Waals surface area contributed by atoms with Gasteiger partial charge < -0.3 is 20.5 Å². The number of alkyl halides is 3. The standard InChI is InChI=1S/C32H24ClF3N2O5/c33-24-13-9-20(10-14-24)18-28(31(41)42)38-30(40)27(19-21-5-4-6-23(17-21)32(34,35)36)37-29(39)22-11-15-26(16-12-22)43-25-7-2-1-3-8-25/h1-17,19,28H,18H2,(H,37,39)(H,38,40)(H,41,42)/b27-19-/t28-/m0/s1. The molecule has 0 heterocycles. The molecule has 220 valence electrons. The maximum absolute atomic E-state index is 13.3. The number of carboxylic acid groups (broad SMARTS) is 1. The van der Waals surface area contributed by atoms with Gasteiger partial charge in [-0.25, -0.2) is 4.79 Å². The third kappa shape index (κ3) is 8.95. The van der Waals surface area contributed by atoms with Crippen LogP contribution in [-0.2, 0) is 22.2 Å². The van der Waals surface area contributed by atoms with Gasteiger partial charge in [0.15, 0.2) is 0 Å². The Labute approximate surface area is 249 Å². The molecule has 1 atom stereocenters. The van der Waals surface area contributed by atoms with Crippen molar-refractivity contribution >= 4 is 35.5 Å². The van der Waals surface area contributed by atoms with Gasteiger partial charge in [-0.15, -0.1) is 0 Å². The second-order valence-corrected chi connectivity index (χ2v) is 9.71. The van der Waals surface area contributed by atoms with Crippen molar-refractivity contribution in [2.45, 2.75) is 18.6 Å². The zero-order chi connectivity index (χ0) is 31.0. The molecule has 0 saturated heterocycles. The molecular formula is C32H24ClF3N2O5. The fourth-order valence-corrected chi connectivity index (χ4v) is 4.04. The number of ether oxygens (including phenoxy) is 1. The van der Waals surface area contributed by atoms with Gasteiger partial charge >= 0.3 is 12.1 Å². The summed E-state index contributed by atoms with van der Waals surface area (Å²) in [5.74, 6) is -2.12. The summed E-state index contributed by atoms with van der Waals surface area (Å²) < 4.78 is 45.6. The SMILES string of the molecule is O=C(N[C@@H](Cc1ccc(Cl)cc1)C(=O)O)/C(=C/c1cccc(C(F)(F)F)c1)NC(=O)c1ccc(Oc2ccccc2)cc1. The van der Waals surface area contributed by atoms with Gasteiger partial charge in [-0.3, -0.25) is 9.59 Å². The van der Waals surface area contributed by atoms with E-state index in [4.69, 9.17) is 16.3 Å². The number of para-hydroxylation sites is 1. The van der Waals surface area contributed by atoms with Crippen LogP contribution in [0.25, 0.3) is 6.08 Å². The molecular weight excluding hydrogens is 585 g/mol. The lowest BCUT2D eigenvalue weighted by Gasteiger charge is -2.17. The van der Waals surface area contributed by atoms with E-state index in [0.29, 0.717) is 22.1 Å². The van der Waals surface area contributed by atoms with E-state index in [2.05, 4.69) is 10.6 Å². The third-order valence-electron chi connectivity index (χ3n) is 6.07. The lowest BCUT2D eigenvalue weighted by atomic mass is 10.1. The van der Waals surface area contributed by atoms with Gasteiger partial charge in [-0.1, -0.05) is 54.1 Å². The Morgan fingerprint density at radius 3 is 2.14 bits per heavy atom. The van der Waals surface area contributed by atoms with Crippen LogP contribution in [0.5, 0.6) is 11.5 Å². The molecule has 4 aromatic rings. The summed E-state index contributed by atoms with van der Waals surface area (Å²) in [7, 11) is 0. The Balaban J connectivity index is 1.58. The van der Waals surface area contributed by atoms with Gasteiger partial charge in [-0.05, 0) is 77.9 Å². The topological polar surface area (TPSA) is 105 Å². The Bertz CT molecular complexity index is 1620. The van der Waals surface area contributed by atoms with Gasteiger partial charge in [-0.2, -0.15) is 13.2 Å². The molecule has 0 radical (unpaired) electrons. The van der Waals surface area contributed by atoms with Gasteiger partial charge in [0.2, 0.25) is 0 Å². The van der Waals surface area contributed by atoms with Crippen molar-refractivity contribution < 1.29 is 37.4 Å². The van der Waals surface area contributed by atoms with Crippen molar-refractivity contribution in [2.75, 3.05) is 0 Å². The first kappa shape index (κ1) is 30.9. The minimum atomic E-state index is -4.65. The fourth-order valence-electron chi connectivity index (χ4n) is 3.92. The lowest BCUT2D eigenvalue weighted by molar-refractivity contribution is -0.141. The Morgan fingerprint density at radius 1 is 0.860 bits per heavy atom. The average Bonchev–Trinajstić information content (AvgIpc) is 2.98. The number of benzene rings is 4. The summed E-state index contributed by atoms with van der Waals surface area (Å²) in [5, 5.41) is 14.9. The first-order valence-electron chi connectivity index (χ1n) is 12.8. The molecule has 0 spiro atoms. The number of aliphatic carboxylic acids is 1. The molecule has 3 N–H and O–H groups in total. The van der Waals surface area contributed by atoms with Crippen LogP contribution in [0.4, 0.5) is 13.2 Å². The zero-order valence-corrected chi connectivity index (χ0v) is 23.0. The number of halogens is 4. The predicted molar refractivity (Wildman–Crippen MR) is 155 cm³/mol. The number of carbonyl (C=O) groups is 3. The Hall–Kier alpha value is -5.09. The fraction of sp³-hybridized carbons (Fsp3) is 0.0938. The van der Waals surface area contributed by atoms with Gasteiger partial charge in [0.25, 0.3) is 11.8 Å². The summed E-state index contributed by atoms with van der Waals surface area (Å²) in [4.78, 5) is 38.4. The maximum atomic E-state index is 13.3. The molecule has 0 unspecified atom stereocenters. The van der Waals surface area contributed by atoms with Gasteiger partial charge in [0.1, 0.15) is 23.2 Å². The van der Waals surface area contributed by atoms with Crippen LogP contribution in [0.15, 0.2) is 109 Å². The predicted octanol–water partition coefficient (Wildman–Crippen LogP) is 6.73. The molecule has 43 heavy (non-hydrogen) atoms. The van der Waals surface area contributed by atoms with Crippen LogP contribution in [-0.4, -0.2) is 28.9 Å². The number of carbonyl (C=O) groups excluding carboxylic acids is 2. The van der Waals surface area contributed by atoms with E-state index in [1.165, 1.54) is 30.3 Å². The van der Waals surface area contributed by atoms with Crippen LogP contribution >= 0.6 is 11.6 Å². The molecule has 2 amide bonds. The highest BCUT2D eigenvalue weighted by atomic mass is 35.5. The monoisotopic (exact) mass is 608 g/mol. The first-order chi connectivity index (χ1) is 20.5. The number of hydrogen-bond donors (Lipinski definition) is 3. The molecule has 4 aromatic carbocycles. The first-order valence-corrected chi connectivity index (χ1v) is 13.2. The van der Waals surface area contributed by atoms with Crippen molar-refractivity contribution in [1.82, 2.24) is 10.6 Å². The highest BCUT2D eigenvalue weighted by Crippen LogP contribution is 2.30. The number of carboxylic acids is 1. The number of hydrogen-bond acceptors (Lipinski definition) is 4. The van der Waals surface area contributed by atoms with Crippen molar-refractivity contribution in [3.8, 4) is 11.5 Å². The van der Waals surface area contributed by atoms with E-state index in [9.17, 15) is 32.7 Å². The molecule has 0 aliphatic heterocycles. The molecule has 0 aliphatic rings. The highest BCUT2D eigenvalue weighted by Gasteiger charge is 2.30. The Kier molecular flexibility index (Phi) is 9.84. The molecule has 0 bridgehead atoms. The maximum Gasteiger partial charge on any atom is 0.416 e. The van der Waals surface area contributed by atoms with Crippen LogP contribution in [0.2, 0.25) is 5.02 Å². The summed E-state index contributed by atoms with van der Waals surface area (Å²) in [5.41, 5.74) is -0.804. The van der Waals surface area contributed by atoms with E-state index in [0.717, 1.165) is 24.3 Å². The summed E-state index contributed by atoms with van der Waals surface area (Å²) in [6, 6.07) is 23.9. The molecule has 0 fully saturated rings. The minimum absolute atomic E-state index is 0.0449. The highest BCUT2D eigenvalue weighted by molar-refractivity contribution is 6.30. The van der Waals surface area contributed by atoms with E-state index in [1.807, 2.05) is 6.07 Å². The molecule has 11 heteroatoms. The third-order valence-corrected chi connectivity index (χ3v) is 6.32. The zero-order valence-electron chi connectivity index (χ0n) is 22.3. The summed E-state index contributed by atoms with van der Waals surface area (Å²) >= 11 is 5.89. The number of nitrogens with one attached hydrogen (secondary N) is 2. The van der Waals surface area contributed by atoms with Crippen molar-refractivity contribution in [3.05, 3.63) is 136 Å². The number of rotatable bonds is 10. The van der Waals surface area contributed by atoms with Crippen LogP contribution in [0, 0.1) is 0 Å². The smallest absolute Gasteiger partial charge is 0.416 e. The van der Waals surface area contributed by atoms with Crippen LogP contribution < -0.4 is 15.4 Å². The summed E-state index contributed by atoms with van der Waals surface area (Å²) in [6.07, 6.45) is -3.73. The van der Waals surface area contributed by atoms with Crippen LogP contribution in [0.1, 0.15) is 27.0 Å². The summed E-state index contributed by atoms with van der Waals surface area (Å²) in [6.45, 7) is 0. The lowest BCUT2D eigenvalue weighted by Crippen LogP contribution is -2.45. The van der Waals surface area contributed by atoms with Crippen molar-refractivity contribution in [3.63, 3.8) is 0 Å². The van der Waals surface area contributed by atoms with Crippen LogP contribution in [0.3, 0.4) is 0 Å². The van der Waals surface area contributed by atoms with Crippen molar-refractivity contribution in [2.24, 2.45) is 0 Å². The van der Waals surface area contributed by atoms with Gasteiger partial charge in [0, 0.05) is 17.0 Å². The average molecular weight is 609 g/mol. The van der Waals surface area contributed by atoms with Crippen molar-refractivity contribution in [1.29, 1.82) is 0 Å². The Morgan fingerprint density at radius 2 is 1.51 bits per heavy atom.